The molecule has 10 heteroatoms. The average molecular weight is 463 g/mol. The zero-order valence-corrected chi connectivity index (χ0v) is 18.4. The van der Waals surface area contributed by atoms with Gasteiger partial charge in [-0.15, -0.1) is 0 Å². The third-order valence-electron chi connectivity index (χ3n) is 4.44. The van der Waals surface area contributed by atoms with Gasteiger partial charge in [-0.25, -0.2) is 21.6 Å². The van der Waals surface area contributed by atoms with Gasteiger partial charge in [0.1, 0.15) is 5.76 Å². The molecule has 8 nitrogen and oxygen atoms in total. The lowest BCUT2D eigenvalue weighted by molar-refractivity contribution is -0.115. The van der Waals surface area contributed by atoms with Crippen molar-refractivity contribution in [1.29, 1.82) is 0 Å². The predicted molar refractivity (Wildman–Crippen MR) is 116 cm³/mol. The summed E-state index contributed by atoms with van der Waals surface area (Å²) >= 11 is 0. The Morgan fingerprint density at radius 2 is 1.55 bits per heavy atom. The first-order chi connectivity index (χ1) is 14.7. The molecule has 0 bridgehead atoms. The third-order valence-corrected chi connectivity index (χ3v) is 7.59. The number of hydrogen-bond acceptors (Lipinski definition) is 6. The molecule has 0 aliphatic rings. The van der Waals surface area contributed by atoms with Crippen molar-refractivity contribution in [3.05, 3.63) is 78.3 Å². The molecule has 2 N–H and O–H groups in total. The highest BCUT2D eigenvalue weighted by atomic mass is 32.2. The van der Waals surface area contributed by atoms with E-state index in [9.17, 15) is 21.6 Å². The van der Waals surface area contributed by atoms with Crippen molar-refractivity contribution in [2.45, 2.75) is 29.7 Å². The summed E-state index contributed by atoms with van der Waals surface area (Å²) < 4.78 is 56.8. The Morgan fingerprint density at radius 3 is 2.16 bits per heavy atom. The van der Waals surface area contributed by atoms with E-state index in [2.05, 4.69) is 10.0 Å². The maximum absolute atomic E-state index is 12.3. The fraction of sp³-hybridized carbons (Fsp3) is 0.190. The number of anilines is 1. The fourth-order valence-corrected chi connectivity index (χ4v) is 4.93. The van der Waals surface area contributed by atoms with Gasteiger partial charge in [-0.2, -0.15) is 0 Å². The number of carbonyl (C=O) groups excluding carboxylic acids is 1. The molecule has 0 atom stereocenters. The number of amides is 1. The van der Waals surface area contributed by atoms with E-state index in [1.807, 2.05) is 6.92 Å². The molecule has 2 aromatic carbocycles. The highest BCUT2D eigenvalue weighted by molar-refractivity contribution is 7.91. The Hall–Kier alpha value is -2.95. The van der Waals surface area contributed by atoms with Crippen LogP contribution in [0.15, 0.2) is 81.1 Å². The van der Waals surface area contributed by atoms with Crippen LogP contribution in [0.25, 0.3) is 0 Å². The molecule has 3 rings (SSSR count). The van der Waals surface area contributed by atoms with Gasteiger partial charge < -0.3 is 9.73 Å². The van der Waals surface area contributed by atoms with E-state index in [-0.39, 0.29) is 28.5 Å². The predicted octanol–water partition coefficient (Wildman–Crippen LogP) is 2.87. The standard InChI is InChI=1S/C21H22N2O6S2/c1-16-4-8-19(9-5-16)30(25,26)14-12-21(24)23-17-6-10-20(11-7-17)31(27,28)22-15-18-3-2-13-29-18/h2-11,13,22H,12,14-15H2,1H3,(H,23,24). The molecule has 1 aromatic heterocycles. The first kappa shape index (κ1) is 22.7. The monoisotopic (exact) mass is 462 g/mol. The summed E-state index contributed by atoms with van der Waals surface area (Å²) in [6.07, 6.45) is 1.23. The minimum Gasteiger partial charge on any atom is -0.468 e. The number of carbonyl (C=O) groups is 1. The summed E-state index contributed by atoms with van der Waals surface area (Å²) in [6.45, 7) is 1.87. The molecule has 3 aromatic rings. The maximum Gasteiger partial charge on any atom is 0.240 e. The van der Waals surface area contributed by atoms with Crippen molar-refractivity contribution in [2.24, 2.45) is 0 Å². The number of hydrogen-bond donors (Lipinski definition) is 2. The van der Waals surface area contributed by atoms with Gasteiger partial charge in [0.2, 0.25) is 15.9 Å². The highest BCUT2D eigenvalue weighted by Crippen LogP contribution is 2.16. The van der Waals surface area contributed by atoms with Crippen LogP contribution in [0.3, 0.4) is 0 Å². The normalized spacial score (nSPS) is 11.9. The topological polar surface area (TPSA) is 123 Å². The number of aryl methyl sites for hydroxylation is 1. The van der Waals surface area contributed by atoms with Gasteiger partial charge >= 0.3 is 0 Å². The van der Waals surface area contributed by atoms with E-state index in [0.29, 0.717) is 11.4 Å². The molecule has 164 valence electrons. The van der Waals surface area contributed by atoms with E-state index in [1.54, 1.807) is 24.3 Å². The van der Waals surface area contributed by atoms with Crippen molar-refractivity contribution < 1.29 is 26.0 Å². The second-order valence-electron chi connectivity index (χ2n) is 6.86. The first-order valence-electron chi connectivity index (χ1n) is 9.37. The summed E-state index contributed by atoms with van der Waals surface area (Å²) in [5.74, 6) is -0.333. The van der Waals surface area contributed by atoms with Crippen LogP contribution < -0.4 is 10.0 Å². The summed E-state index contributed by atoms with van der Waals surface area (Å²) in [5, 5.41) is 2.57. The van der Waals surface area contributed by atoms with E-state index in [1.165, 1.54) is 42.7 Å². The maximum atomic E-state index is 12.3. The largest absolute Gasteiger partial charge is 0.468 e. The van der Waals surface area contributed by atoms with E-state index < -0.39 is 25.8 Å². The number of sulfonamides is 1. The number of furan rings is 1. The molecule has 1 heterocycles. The van der Waals surface area contributed by atoms with Gasteiger partial charge in [-0.05, 0) is 55.5 Å². The van der Waals surface area contributed by atoms with Crippen LogP contribution in [0.2, 0.25) is 0 Å². The Morgan fingerprint density at radius 1 is 0.903 bits per heavy atom. The smallest absolute Gasteiger partial charge is 0.240 e. The van der Waals surface area contributed by atoms with Crippen molar-refractivity contribution >= 4 is 31.5 Å². The molecule has 0 aliphatic heterocycles. The minimum atomic E-state index is -3.75. The van der Waals surface area contributed by atoms with Gasteiger partial charge in [0.15, 0.2) is 9.84 Å². The Balaban J connectivity index is 1.55. The molecule has 31 heavy (non-hydrogen) atoms. The molecule has 0 fully saturated rings. The number of rotatable bonds is 9. The molecule has 0 spiro atoms. The van der Waals surface area contributed by atoms with Crippen LogP contribution >= 0.6 is 0 Å². The van der Waals surface area contributed by atoms with Gasteiger partial charge in [-0.1, -0.05) is 17.7 Å². The zero-order valence-electron chi connectivity index (χ0n) is 16.7. The van der Waals surface area contributed by atoms with Crippen molar-refractivity contribution in [1.82, 2.24) is 4.72 Å². The molecule has 0 radical (unpaired) electrons. The number of nitrogens with one attached hydrogen (secondary N) is 2. The van der Waals surface area contributed by atoms with Gasteiger partial charge in [0.05, 0.1) is 28.4 Å². The van der Waals surface area contributed by atoms with E-state index >= 15 is 0 Å². The molecule has 0 saturated carbocycles. The lowest BCUT2D eigenvalue weighted by atomic mass is 10.2. The summed E-state index contributed by atoms with van der Waals surface area (Å²) in [6, 6.07) is 15.3. The van der Waals surface area contributed by atoms with Crippen LogP contribution in [-0.2, 0) is 31.2 Å². The number of benzene rings is 2. The average Bonchev–Trinajstić information content (AvgIpc) is 3.26. The summed E-state index contributed by atoms with van der Waals surface area (Å²) in [5.41, 5.74) is 1.31. The molecule has 0 saturated heterocycles. The molecule has 1 amide bonds. The van der Waals surface area contributed by atoms with Crippen LogP contribution in [-0.4, -0.2) is 28.5 Å². The third kappa shape index (κ3) is 6.27. The Labute approximate surface area is 181 Å². The van der Waals surface area contributed by atoms with E-state index in [0.717, 1.165) is 5.56 Å². The van der Waals surface area contributed by atoms with Crippen LogP contribution in [0, 0.1) is 6.92 Å². The van der Waals surface area contributed by atoms with Crippen LogP contribution in [0.5, 0.6) is 0 Å². The SMILES string of the molecule is Cc1ccc(S(=O)(=O)CCC(=O)Nc2ccc(S(=O)(=O)NCc3ccco3)cc2)cc1. The van der Waals surface area contributed by atoms with Crippen molar-refractivity contribution in [3.8, 4) is 0 Å². The second-order valence-corrected chi connectivity index (χ2v) is 10.7. The van der Waals surface area contributed by atoms with Crippen LogP contribution in [0.1, 0.15) is 17.7 Å². The Kier molecular flexibility index (Phi) is 6.94. The Bertz CT molecular complexity index is 1230. The van der Waals surface area contributed by atoms with Gasteiger partial charge in [-0.3, -0.25) is 4.79 Å². The second kappa shape index (κ2) is 9.46. The minimum absolute atomic E-state index is 0.0171. The number of sulfone groups is 1. The highest BCUT2D eigenvalue weighted by Gasteiger charge is 2.17. The molecule has 0 aliphatic carbocycles. The quantitative estimate of drug-likeness (QED) is 0.504. The molecular weight excluding hydrogens is 440 g/mol. The molecule has 0 unspecified atom stereocenters. The van der Waals surface area contributed by atoms with Crippen molar-refractivity contribution in [3.63, 3.8) is 0 Å². The molecular formula is C21H22N2O6S2. The first-order valence-corrected chi connectivity index (χ1v) is 12.5. The van der Waals surface area contributed by atoms with E-state index in [4.69, 9.17) is 4.42 Å². The lowest BCUT2D eigenvalue weighted by Gasteiger charge is -2.09. The zero-order chi connectivity index (χ0) is 22.5. The van der Waals surface area contributed by atoms with Gasteiger partial charge in [0, 0.05) is 12.1 Å². The lowest BCUT2D eigenvalue weighted by Crippen LogP contribution is -2.23. The van der Waals surface area contributed by atoms with Gasteiger partial charge in [0.25, 0.3) is 0 Å². The van der Waals surface area contributed by atoms with Crippen LogP contribution in [0.4, 0.5) is 5.69 Å². The summed E-state index contributed by atoms with van der Waals surface area (Å²) in [7, 11) is -7.32. The summed E-state index contributed by atoms with van der Waals surface area (Å²) in [4.78, 5) is 12.3. The fourth-order valence-electron chi connectivity index (χ4n) is 2.69. The van der Waals surface area contributed by atoms with Crippen molar-refractivity contribution in [2.75, 3.05) is 11.1 Å².